The van der Waals surface area contributed by atoms with Gasteiger partial charge < -0.3 is 20.0 Å². The summed E-state index contributed by atoms with van der Waals surface area (Å²) in [5.41, 5.74) is 0.667. The predicted octanol–water partition coefficient (Wildman–Crippen LogP) is 1.58. The molecular formula is C15H20NO4-. The van der Waals surface area contributed by atoms with Crippen LogP contribution in [0.5, 0.6) is 5.75 Å². The molecule has 1 rings (SSSR count). The maximum absolute atomic E-state index is 11.7. The van der Waals surface area contributed by atoms with Crippen LogP contribution in [-0.2, 0) is 9.59 Å². The van der Waals surface area contributed by atoms with E-state index in [4.69, 9.17) is 4.74 Å². The molecule has 0 fully saturated rings. The molecule has 110 valence electrons. The van der Waals surface area contributed by atoms with E-state index >= 15 is 0 Å². The van der Waals surface area contributed by atoms with Crippen molar-refractivity contribution < 1.29 is 19.4 Å². The Hall–Kier alpha value is -2.04. The molecule has 1 atom stereocenters. The van der Waals surface area contributed by atoms with Crippen molar-refractivity contribution in [2.24, 2.45) is 5.92 Å². The van der Waals surface area contributed by atoms with Gasteiger partial charge in [-0.2, -0.15) is 0 Å². The molecule has 0 aliphatic rings. The molecule has 0 unspecified atom stereocenters. The van der Waals surface area contributed by atoms with Crippen LogP contribution in [0.2, 0.25) is 0 Å². The number of benzene rings is 1. The van der Waals surface area contributed by atoms with Crippen LogP contribution in [0.4, 0.5) is 5.69 Å². The normalized spacial score (nSPS) is 11.7. The number of carboxylic acid groups (broad SMARTS) is 1. The molecule has 0 heterocycles. The fourth-order valence-electron chi connectivity index (χ4n) is 1.82. The van der Waals surface area contributed by atoms with Crippen LogP contribution in [0.3, 0.4) is 0 Å². The van der Waals surface area contributed by atoms with Gasteiger partial charge >= 0.3 is 0 Å². The minimum atomic E-state index is -1.10. The fraction of sp³-hybridized carbons (Fsp3) is 0.467. The van der Waals surface area contributed by atoms with Gasteiger partial charge in [0.15, 0.2) is 0 Å². The van der Waals surface area contributed by atoms with Crippen molar-refractivity contribution in [1.82, 2.24) is 0 Å². The summed E-state index contributed by atoms with van der Waals surface area (Å²) in [4.78, 5) is 22.5. The third-order valence-corrected chi connectivity index (χ3v) is 3.00. The molecule has 0 saturated heterocycles. The first-order valence-electron chi connectivity index (χ1n) is 6.80. The van der Waals surface area contributed by atoms with Crippen LogP contribution in [0.15, 0.2) is 24.3 Å². The smallest absolute Gasteiger partial charge is 0.224 e. The maximum atomic E-state index is 11.7. The molecular weight excluding hydrogens is 258 g/mol. The number of ether oxygens (including phenoxy) is 1. The zero-order valence-corrected chi connectivity index (χ0v) is 11.8. The summed E-state index contributed by atoms with van der Waals surface area (Å²) >= 11 is 0. The first-order valence-corrected chi connectivity index (χ1v) is 6.80. The molecule has 5 nitrogen and oxygen atoms in total. The van der Waals surface area contributed by atoms with Gasteiger partial charge in [-0.1, -0.05) is 6.92 Å². The molecule has 1 N–H and O–H groups in total. The minimum Gasteiger partial charge on any atom is -0.550 e. The van der Waals surface area contributed by atoms with Gasteiger partial charge in [-0.25, -0.2) is 0 Å². The number of carbonyl (C=O) groups excluding carboxylic acids is 2. The predicted molar refractivity (Wildman–Crippen MR) is 74.3 cm³/mol. The minimum absolute atomic E-state index is 0.166. The van der Waals surface area contributed by atoms with Crippen LogP contribution in [-0.4, -0.2) is 18.5 Å². The number of carbonyl (C=O) groups is 2. The number of nitrogens with one attached hydrogen (secondary N) is 1. The molecule has 1 aromatic carbocycles. The largest absolute Gasteiger partial charge is 0.550 e. The summed E-state index contributed by atoms with van der Waals surface area (Å²) in [6, 6.07) is 7.04. The lowest BCUT2D eigenvalue weighted by Gasteiger charge is -2.15. The summed E-state index contributed by atoms with van der Waals surface area (Å²) < 4.78 is 5.30. The van der Waals surface area contributed by atoms with E-state index in [0.29, 0.717) is 25.1 Å². The van der Waals surface area contributed by atoms with Crippen molar-refractivity contribution in [3.05, 3.63) is 24.3 Å². The molecule has 1 aromatic rings. The lowest BCUT2D eigenvalue weighted by molar-refractivity contribution is -0.311. The van der Waals surface area contributed by atoms with E-state index in [-0.39, 0.29) is 12.3 Å². The number of aliphatic carboxylic acids is 1. The Labute approximate surface area is 118 Å². The van der Waals surface area contributed by atoms with E-state index in [1.54, 1.807) is 31.2 Å². The molecule has 1 amide bonds. The topological polar surface area (TPSA) is 78.5 Å². The van der Waals surface area contributed by atoms with E-state index in [1.165, 1.54) is 0 Å². The summed E-state index contributed by atoms with van der Waals surface area (Å²) in [6.07, 6.45) is 0.931. The van der Waals surface area contributed by atoms with Crippen molar-refractivity contribution in [3.8, 4) is 5.75 Å². The number of hydrogen-bond donors (Lipinski definition) is 1. The molecule has 0 aliphatic heterocycles. The highest BCUT2D eigenvalue weighted by molar-refractivity contribution is 5.90. The average molecular weight is 278 g/mol. The van der Waals surface area contributed by atoms with Gasteiger partial charge in [-0.3, -0.25) is 4.79 Å². The van der Waals surface area contributed by atoms with Crippen LogP contribution >= 0.6 is 0 Å². The van der Waals surface area contributed by atoms with Gasteiger partial charge in [0.2, 0.25) is 5.91 Å². The molecule has 0 saturated carbocycles. The first kappa shape index (κ1) is 16.0. The Morgan fingerprint density at radius 2 is 1.90 bits per heavy atom. The third kappa shape index (κ3) is 5.30. The van der Waals surface area contributed by atoms with Gasteiger partial charge in [0, 0.05) is 18.1 Å². The van der Waals surface area contributed by atoms with Gasteiger partial charge in [-0.05, 0) is 49.9 Å². The van der Waals surface area contributed by atoms with E-state index in [2.05, 4.69) is 5.32 Å². The first-order chi connectivity index (χ1) is 9.56. The van der Waals surface area contributed by atoms with Crippen molar-refractivity contribution in [1.29, 1.82) is 0 Å². The van der Waals surface area contributed by atoms with Crippen molar-refractivity contribution in [2.75, 3.05) is 11.9 Å². The Kier molecular flexibility index (Phi) is 6.56. The highest BCUT2D eigenvalue weighted by Crippen LogP contribution is 2.16. The van der Waals surface area contributed by atoms with Crippen molar-refractivity contribution >= 4 is 17.6 Å². The molecule has 0 spiro atoms. The monoisotopic (exact) mass is 278 g/mol. The SMILES string of the molecule is CCOc1ccc(NC(=O)CC[C@H](CC)C(=O)[O-])cc1. The van der Waals surface area contributed by atoms with E-state index in [9.17, 15) is 14.7 Å². The standard InChI is InChI=1S/C15H21NO4/c1-3-11(15(18)19)5-10-14(17)16-12-6-8-13(9-7-12)20-4-2/h6-9,11H,3-5,10H2,1-2H3,(H,16,17)(H,18,19)/p-1/t11-/m0/s1. The Bertz CT molecular complexity index is 442. The molecule has 0 aromatic heterocycles. The summed E-state index contributed by atoms with van der Waals surface area (Å²) in [6.45, 7) is 4.26. The lowest BCUT2D eigenvalue weighted by atomic mass is 10.0. The van der Waals surface area contributed by atoms with Crippen LogP contribution in [0.1, 0.15) is 33.1 Å². The second-order valence-electron chi connectivity index (χ2n) is 4.47. The van der Waals surface area contributed by atoms with Gasteiger partial charge in [-0.15, -0.1) is 0 Å². The van der Waals surface area contributed by atoms with Gasteiger partial charge in [0.25, 0.3) is 0 Å². The zero-order chi connectivity index (χ0) is 15.0. The third-order valence-electron chi connectivity index (χ3n) is 3.00. The van der Waals surface area contributed by atoms with E-state index in [1.807, 2.05) is 6.92 Å². The zero-order valence-electron chi connectivity index (χ0n) is 11.8. The molecule has 5 heteroatoms. The average Bonchev–Trinajstić information content (AvgIpc) is 2.41. The lowest BCUT2D eigenvalue weighted by Crippen LogP contribution is -2.31. The number of anilines is 1. The summed E-state index contributed by atoms with van der Waals surface area (Å²) in [7, 11) is 0. The second-order valence-corrected chi connectivity index (χ2v) is 4.47. The Morgan fingerprint density at radius 1 is 1.25 bits per heavy atom. The number of hydrogen-bond acceptors (Lipinski definition) is 4. The summed E-state index contributed by atoms with van der Waals surface area (Å²) in [5.74, 6) is -1.12. The highest BCUT2D eigenvalue weighted by atomic mass is 16.5. The van der Waals surface area contributed by atoms with Crippen LogP contribution < -0.4 is 15.2 Å². The van der Waals surface area contributed by atoms with Crippen LogP contribution in [0.25, 0.3) is 0 Å². The molecule has 0 bridgehead atoms. The Morgan fingerprint density at radius 3 is 2.40 bits per heavy atom. The van der Waals surface area contributed by atoms with Crippen molar-refractivity contribution in [2.45, 2.75) is 33.1 Å². The highest BCUT2D eigenvalue weighted by Gasteiger charge is 2.10. The van der Waals surface area contributed by atoms with Crippen molar-refractivity contribution in [3.63, 3.8) is 0 Å². The molecule has 20 heavy (non-hydrogen) atoms. The number of carboxylic acids is 1. The quantitative estimate of drug-likeness (QED) is 0.783. The maximum Gasteiger partial charge on any atom is 0.224 e. The van der Waals surface area contributed by atoms with Crippen LogP contribution in [0, 0.1) is 5.92 Å². The summed E-state index contributed by atoms with van der Waals surface area (Å²) in [5, 5.41) is 13.5. The fourth-order valence-corrected chi connectivity index (χ4v) is 1.82. The second kappa shape index (κ2) is 8.19. The van der Waals surface area contributed by atoms with E-state index < -0.39 is 11.9 Å². The number of rotatable bonds is 8. The Balaban J connectivity index is 2.43. The van der Waals surface area contributed by atoms with Gasteiger partial charge in [0.05, 0.1) is 6.61 Å². The number of amides is 1. The van der Waals surface area contributed by atoms with Gasteiger partial charge in [0.1, 0.15) is 5.75 Å². The molecule has 0 aliphatic carbocycles. The van der Waals surface area contributed by atoms with E-state index in [0.717, 1.165) is 5.75 Å². The molecule has 0 radical (unpaired) electrons.